The molecule has 1 N–H and O–H groups in total. The number of rotatable bonds is 8. The van der Waals surface area contributed by atoms with Crippen molar-refractivity contribution in [2.24, 2.45) is 0 Å². The number of para-hydroxylation sites is 1. The number of hydrogen-bond acceptors (Lipinski definition) is 6. The van der Waals surface area contributed by atoms with Gasteiger partial charge in [-0.25, -0.2) is 4.98 Å². The molecule has 0 unspecified atom stereocenters. The molecule has 0 aliphatic carbocycles. The summed E-state index contributed by atoms with van der Waals surface area (Å²) in [7, 11) is 0. The lowest BCUT2D eigenvalue weighted by Crippen LogP contribution is -2.16. The number of aryl methyl sites for hydroxylation is 1. The maximum atomic E-state index is 12.2. The number of hydrogen-bond donors (Lipinski definition) is 1. The highest BCUT2D eigenvalue weighted by atomic mass is 32.2. The molecule has 6 nitrogen and oxygen atoms in total. The van der Waals surface area contributed by atoms with Crippen LogP contribution in [0, 0.1) is 0 Å². The van der Waals surface area contributed by atoms with E-state index in [1.807, 2.05) is 30.3 Å². The van der Waals surface area contributed by atoms with Crippen LogP contribution in [-0.4, -0.2) is 26.3 Å². The van der Waals surface area contributed by atoms with Gasteiger partial charge in [-0.3, -0.25) is 9.59 Å². The van der Waals surface area contributed by atoms with Crippen molar-refractivity contribution >= 4 is 39.7 Å². The van der Waals surface area contributed by atoms with E-state index in [1.54, 1.807) is 0 Å². The predicted octanol–water partition coefficient (Wildman–Crippen LogP) is 3.37. The maximum absolute atomic E-state index is 12.2. The predicted molar refractivity (Wildman–Crippen MR) is 107 cm³/mol. The summed E-state index contributed by atoms with van der Waals surface area (Å²) in [5.41, 5.74) is 1.29. The highest BCUT2D eigenvalue weighted by molar-refractivity contribution is 7.99. The first kappa shape index (κ1) is 18.6. The van der Waals surface area contributed by atoms with Crippen molar-refractivity contribution in [1.29, 1.82) is 0 Å². The van der Waals surface area contributed by atoms with E-state index in [4.69, 9.17) is 0 Å². The molecule has 1 amide bonds. The number of nitrogens with one attached hydrogen (secondary N) is 1. The van der Waals surface area contributed by atoms with Gasteiger partial charge < -0.3 is 5.32 Å². The molecule has 0 aliphatic rings. The van der Waals surface area contributed by atoms with Gasteiger partial charge in [0.05, 0.1) is 11.4 Å². The molecule has 0 aliphatic heterocycles. The average molecular weight is 389 g/mol. The van der Waals surface area contributed by atoms with Gasteiger partial charge in [0.25, 0.3) is 5.56 Å². The number of amides is 1. The number of unbranched alkanes of at least 4 members (excludes halogenated alkanes) is 1. The highest BCUT2D eigenvalue weighted by Crippen LogP contribution is 2.16. The fraction of sp³-hybridized carbons (Fsp3) is 0.333. The molecule has 8 heteroatoms. The first-order valence-electron chi connectivity index (χ1n) is 8.47. The maximum Gasteiger partial charge on any atom is 0.275 e. The van der Waals surface area contributed by atoms with Crippen LogP contribution >= 0.6 is 23.1 Å². The third-order valence-corrected chi connectivity index (χ3v) is 5.56. The molecule has 0 saturated carbocycles. The van der Waals surface area contributed by atoms with E-state index >= 15 is 0 Å². The minimum absolute atomic E-state index is 0.0707. The number of benzene rings is 1. The molecule has 26 heavy (non-hydrogen) atoms. The Hall–Kier alpha value is -2.19. The van der Waals surface area contributed by atoms with Crippen LogP contribution in [-0.2, 0) is 17.0 Å². The van der Waals surface area contributed by atoms with Crippen LogP contribution in [0.1, 0.15) is 30.5 Å². The van der Waals surface area contributed by atoms with Gasteiger partial charge in [0, 0.05) is 23.9 Å². The Labute approximate surface area is 159 Å². The molecular weight excluding hydrogens is 368 g/mol. The van der Waals surface area contributed by atoms with Crippen LogP contribution in [0.4, 0.5) is 5.69 Å². The van der Waals surface area contributed by atoms with Crippen molar-refractivity contribution < 1.29 is 4.79 Å². The molecule has 2 heterocycles. The van der Waals surface area contributed by atoms with E-state index in [-0.39, 0.29) is 11.5 Å². The van der Waals surface area contributed by atoms with Gasteiger partial charge in [-0.1, -0.05) is 42.9 Å². The fourth-order valence-electron chi connectivity index (χ4n) is 2.37. The average Bonchev–Trinajstić information content (AvgIpc) is 3.04. The van der Waals surface area contributed by atoms with Crippen LogP contribution in [0.2, 0.25) is 0 Å². The SMILES string of the molecule is CCCCc1nn2c(=O)cc(CSCC(=O)Nc3ccccc3)nc2s1. The normalized spacial score (nSPS) is 11.0. The lowest BCUT2D eigenvalue weighted by molar-refractivity contribution is -0.113. The van der Waals surface area contributed by atoms with Crippen molar-refractivity contribution in [3.63, 3.8) is 0 Å². The van der Waals surface area contributed by atoms with Crippen molar-refractivity contribution in [2.45, 2.75) is 31.9 Å². The Balaban J connectivity index is 1.58. The van der Waals surface area contributed by atoms with Gasteiger partial charge in [0.1, 0.15) is 5.01 Å². The van der Waals surface area contributed by atoms with E-state index in [0.717, 1.165) is 30.0 Å². The van der Waals surface area contributed by atoms with E-state index < -0.39 is 0 Å². The van der Waals surface area contributed by atoms with E-state index in [1.165, 1.54) is 33.7 Å². The van der Waals surface area contributed by atoms with Crippen LogP contribution in [0.5, 0.6) is 0 Å². The standard InChI is InChI=1S/C18H20N4O2S2/c1-2-3-9-16-21-22-17(24)10-14(20-18(22)26-16)11-25-12-15(23)19-13-7-5-4-6-8-13/h4-8,10H,2-3,9,11-12H2,1H3,(H,19,23). The number of carbonyl (C=O) groups is 1. The molecule has 136 valence electrons. The number of thioether (sulfide) groups is 1. The van der Waals surface area contributed by atoms with Gasteiger partial charge in [0.2, 0.25) is 10.9 Å². The quantitative estimate of drug-likeness (QED) is 0.640. The third-order valence-electron chi connectivity index (χ3n) is 3.62. The van der Waals surface area contributed by atoms with Crippen molar-refractivity contribution in [2.75, 3.05) is 11.1 Å². The number of aromatic nitrogens is 3. The lowest BCUT2D eigenvalue weighted by Gasteiger charge is -2.04. The fourth-order valence-corrected chi connectivity index (χ4v) is 4.04. The Kier molecular flexibility index (Phi) is 6.40. The van der Waals surface area contributed by atoms with Gasteiger partial charge in [-0.15, -0.1) is 11.8 Å². The number of nitrogens with zero attached hydrogens (tertiary/aromatic N) is 3. The Morgan fingerprint density at radius 1 is 1.31 bits per heavy atom. The summed E-state index contributed by atoms with van der Waals surface area (Å²) < 4.78 is 1.37. The number of anilines is 1. The van der Waals surface area contributed by atoms with Gasteiger partial charge >= 0.3 is 0 Å². The third kappa shape index (κ3) is 4.92. The van der Waals surface area contributed by atoms with E-state index in [2.05, 4.69) is 22.3 Å². The van der Waals surface area contributed by atoms with Crippen molar-refractivity contribution in [3.8, 4) is 0 Å². The molecule has 2 aromatic heterocycles. The Morgan fingerprint density at radius 3 is 2.88 bits per heavy atom. The molecule has 0 radical (unpaired) electrons. The summed E-state index contributed by atoms with van der Waals surface area (Å²) >= 11 is 2.89. The molecule has 3 rings (SSSR count). The van der Waals surface area contributed by atoms with Crippen molar-refractivity contribution in [1.82, 2.24) is 14.6 Å². The highest BCUT2D eigenvalue weighted by Gasteiger charge is 2.10. The van der Waals surface area contributed by atoms with Gasteiger partial charge in [-0.2, -0.15) is 9.61 Å². The van der Waals surface area contributed by atoms with Crippen LogP contribution < -0.4 is 10.9 Å². The summed E-state index contributed by atoms with van der Waals surface area (Å²) in [4.78, 5) is 29.3. The van der Waals surface area contributed by atoms with E-state index in [0.29, 0.717) is 22.2 Å². The molecule has 0 atom stereocenters. The monoisotopic (exact) mass is 388 g/mol. The molecule has 0 saturated heterocycles. The first-order chi connectivity index (χ1) is 12.7. The zero-order chi connectivity index (χ0) is 18.4. The lowest BCUT2D eigenvalue weighted by atomic mass is 10.3. The minimum atomic E-state index is -0.168. The van der Waals surface area contributed by atoms with E-state index in [9.17, 15) is 9.59 Å². The smallest absolute Gasteiger partial charge is 0.275 e. The molecular formula is C18H20N4O2S2. The minimum Gasteiger partial charge on any atom is -0.325 e. The van der Waals surface area contributed by atoms with Gasteiger partial charge in [0.15, 0.2) is 0 Å². The van der Waals surface area contributed by atoms with Crippen molar-refractivity contribution in [3.05, 3.63) is 57.5 Å². The van der Waals surface area contributed by atoms with Crippen LogP contribution in [0.15, 0.2) is 41.2 Å². The second-order valence-corrected chi connectivity index (χ2v) is 7.81. The second-order valence-electron chi connectivity index (χ2n) is 5.79. The molecule has 0 fully saturated rings. The molecule has 0 bridgehead atoms. The van der Waals surface area contributed by atoms with Crippen LogP contribution in [0.25, 0.3) is 4.96 Å². The molecule has 3 aromatic rings. The first-order valence-corrected chi connectivity index (χ1v) is 10.4. The largest absolute Gasteiger partial charge is 0.325 e. The topological polar surface area (TPSA) is 76.4 Å². The van der Waals surface area contributed by atoms with Gasteiger partial charge in [-0.05, 0) is 18.6 Å². The summed E-state index contributed by atoms with van der Waals surface area (Å²) in [6.07, 6.45) is 3.01. The summed E-state index contributed by atoms with van der Waals surface area (Å²) in [5, 5.41) is 8.11. The number of fused-ring (bicyclic) bond motifs is 1. The molecule has 0 spiro atoms. The summed E-state index contributed by atoms with van der Waals surface area (Å²) in [6.45, 7) is 2.13. The molecule has 1 aromatic carbocycles. The number of carbonyl (C=O) groups excluding carboxylic acids is 1. The Bertz CT molecular complexity index is 937. The van der Waals surface area contributed by atoms with Crippen LogP contribution in [0.3, 0.4) is 0 Å². The second kappa shape index (κ2) is 8.95. The summed E-state index contributed by atoms with van der Waals surface area (Å²) in [6, 6.07) is 10.8. The zero-order valence-electron chi connectivity index (χ0n) is 14.5. The summed E-state index contributed by atoms with van der Waals surface area (Å²) in [5.74, 6) is 0.745. The Morgan fingerprint density at radius 2 is 2.12 bits per heavy atom. The zero-order valence-corrected chi connectivity index (χ0v) is 16.1.